The molecule has 0 radical (unpaired) electrons. The Kier molecular flexibility index (Phi) is 8.17. The second-order valence-corrected chi connectivity index (χ2v) is 6.85. The van der Waals surface area contributed by atoms with Gasteiger partial charge in [0, 0.05) is 37.9 Å². The monoisotopic (exact) mass is 424 g/mol. The van der Waals surface area contributed by atoms with Gasteiger partial charge in [0.15, 0.2) is 11.5 Å². The van der Waals surface area contributed by atoms with Gasteiger partial charge in [-0.1, -0.05) is 0 Å². The van der Waals surface area contributed by atoms with Gasteiger partial charge in [-0.25, -0.2) is 0 Å². The first-order valence-corrected chi connectivity index (χ1v) is 9.88. The number of ether oxygens (including phenoxy) is 3. The standard InChI is InChI=1S/C23H28N4O4/c1-29-19-12-18(13-20(30-2)22(19)31-3)21(26-14-16-4-8-24-9-5-16)23(28)27-15-17-6-10-25-11-7-17/h4-13,21,23,26-28H,14-15H2,1-3H3. The van der Waals surface area contributed by atoms with Crippen LogP contribution in [0.5, 0.6) is 17.2 Å². The van der Waals surface area contributed by atoms with Crippen molar-refractivity contribution in [3.63, 3.8) is 0 Å². The molecule has 0 fully saturated rings. The zero-order chi connectivity index (χ0) is 22.1. The van der Waals surface area contributed by atoms with E-state index in [0.717, 1.165) is 16.7 Å². The van der Waals surface area contributed by atoms with E-state index < -0.39 is 12.3 Å². The second-order valence-electron chi connectivity index (χ2n) is 6.85. The number of nitrogens with one attached hydrogen (secondary N) is 2. The highest BCUT2D eigenvalue weighted by molar-refractivity contribution is 5.54. The summed E-state index contributed by atoms with van der Waals surface area (Å²) in [6, 6.07) is 10.9. The number of aliphatic hydroxyl groups is 1. The van der Waals surface area contributed by atoms with Crippen LogP contribution in [0, 0.1) is 0 Å². The molecule has 2 aromatic heterocycles. The molecule has 31 heavy (non-hydrogen) atoms. The lowest BCUT2D eigenvalue weighted by atomic mass is 10.0. The van der Waals surface area contributed by atoms with E-state index in [2.05, 4.69) is 20.6 Å². The van der Waals surface area contributed by atoms with Gasteiger partial charge in [-0.2, -0.15) is 0 Å². The van der Waals surface area contributed by atoms with Gasteiger partial charge in [0.2, 0.25) is 5.75 Å². The Hall–Kier alpha value is -3.20. The number of benzene rings is 1. The number of aromatic nitrogens is 2. The molecule has 0 aliphatic heterocycles. The van der Waals surface area contributed by atoms with Crippen LogP contribution < -0.4 is 24.8 Å². The maximum Gasteiger partial charge on any atom is 0.203 e. The molecule has 3 rings (SSSR count). The summed E-state index contributed by atoms with van der Waals surface area (Å²) in [6.45, 7) is 1.03. The zero-order valence-corrected chi connectivity index (χ0v) is 17.9. The number of pyridine rings is 2. The predicted molar refractivity (Wildman–Crippen MR) is 117 cm³/mol. The molecule has 0 saturated heterocycles. The molecule has 2 atom stereocenters. The average Bonchev–Trinajstić information content (AvgIpc) is 2.83. The van der Waals surface area contributed by atoms with Gasteiger partial charge in [-0.3, -0.25) is 15.3 Å². The fourth-order valence-corrected chi connectivity index (χ4v) is 3.26. The van der Waals surface area contributed by atoms with Crippen molar-refractivity contribution >= 4 is 0 Å². The molecule has 0 saturated carbocycles. The van der Waals surface area contributed by atoms with Crippen molar-refractivity contribution < 1.29 is 19.3 Å². The normalized spacial score (nSPS) is 12.8. The van der Waals surface area contributed by atoms with Gasteiger partial charge in [0.25, 0.3) is 0 Å². The van der Waals surface area contributed by atoms with Crippen molar-refractivity contribution in [1.29, 1.82) is 0 Å². The summed E-state index contributed by atoms with van der Waals surface area (Å²) >= 11 is 0. The third-order valence-corrected chi connectivity index (χ3v) is 4.90. The first-order chi connectivity index (χ1) is 15.2. The average molecular weight is 425 g/mol. The molecule has 0 aliphatic rings. The number of hydrogen-bond donors (Lipinski definition) is 3. The number of methoxy groups -OCH3 is 3. The molecule has 2 heterocycles. The molecule has 1 aromatic carbocycles. The summed E-state index contributed by atoms with van der Waals surface area (Å²) in [6.07, 6.45) is 6.04. The van der Waals surface area contributed by atoms with Crippen molar-refractivity contribution in [2.45, 2.75) is 25.4 Å². The Morgan fingerprint density at radius 2 is 1.26 bits per heavy atom. The lowest BCUT2D eigenvalue weighted by Gasteiger charge is -2.27. The molecule has 0 bridgehead atoms. The van der Waals surface area contributed by atoms with E-state index in [0.29, 0.717) is 30.3 Å². The highest BCUT2D eigenvalue weighted by atomic mass is 16.5. The summed E-state index contributed by atoms with van der Waals surface area (Å²) in [5.74, 6) is 1.55. The molecular weight excluding hydrogens is 396 g/mol. The summed E-state index contributed by atoms with van der Waals surface area (Å²) < 4.78 is 16.4. The minimum atomic E-state index is -0.891. The highest BCUT2D eigenvalue weighted by Crippen LogP contribution is 2.40. The number of aliphatic hydroxyl groups excluding tert-OH is 1. The first-order valence-electron chi connectivity index (χ1n) is 9.88. The lowest BCUT2D eigenvalue weighted by molar-refractivity contribution is 0.0905. The Morgan fingerprint density at radius 3 is 1.71 bits per heavy atom. The molecule has 8 nitrogen and oxygen atoms in total. The Balaban J connectivity index is 1.87. The fraction of sp³-hybridized carbons (Fsp3) is 0.304. The van der Waals surface area contributed by atoms with E-state index in [9.17, 15) is 5.11 Å². The van der Waals surface area contributed by atoms with Gasteiger partial charge < -0.3 is 24.6 Å². The fourth-order valence-electron chi connectivity index (χ4n) is 3.26. The number of rotatable bonds is 11. The van der Waals surface area contributed by atoms with Crippen LogP contribution in [0.4, 0.5) is 0 Å². The maximum atomic E-state index is 11.0. The minimum absolute atomic E-state index is 0.455. The van der Waals surface area contributed by atoms with Gasteiger partial charge in [-0.15, -0.1) is 0 Å². The Morgan fingerprint density at radius 1 is 0.774 bits per heavy atom. The van der Waals surface area contributed by atoms with Crippen molar-refractivity contribution in [2.24, 2.45) is 0 Å². The third-order valence-electron chi connectivity index (χ3n) is 4.90. The lowest BCUT2D eigenvalue weighted by Crippen LogP contribution is -2.41. The number of nitrogens with zero attached hydrogens (tertiary/aromatic N) is 2. The SMILES string of the molecule is COc1cc(C(NCc2ccncc2)C(O)NCc2ccncc2)cc(OC)c1OC. The highest BCUT2D eigenvalue weighted by Gasteiger charge is 2.24. The topological polar surface area (TPSA) is 97.8 Å². The Bertz CT molecular complexity index is 916. The minimum Gasteiger partial charge on any atom is -0.493 e. The van der Waals surface area contributed by atoms with Gasteiger partial charge in [0.1, 0.15) is 6.23 Å². The van der Waals surface area contributed by atoms with E-state index in [1.807, 2.05) is 36.4 Å². The maximum absolute atomic E-state index is 11.0. The van der Waals surface area contributed by atoms with E-state index >= 15 is 0 Å². The largest absolute Gasteiger partial charge is 0.493 e. The summed E-state index contributed by atoms with van der Waals surface area (Å²) in [5, 5.41) is 17.6. The van der Waals surface area contributed by atoms with Gasteiger partial charge in [-0.05, 0) is 53.1 Å². The first kappa shape index (κ1) is 22.5. The van der Waals surface area contributed by atoms with Crippen molar-refractivity contribution in [3.8, 4) is 17.2 Å². The van der Waals surface area contributed by atoms with Crippen LogP contribution >= 0.6 is 0 Å². The predicted octanol–water partition coefficient (Wildman–Crippen LogP) is 2.44. The summed E-state index contributed by atoms with van der Waals surface area (Å²) in [7, 11) is 4.70. The third kappa shape index (κ3) is 5.91. The summed E-state index contributed by atoms with van der Waals surface area (Å²) in [5.41, 5.74) is 2.86. The number of hydrogen-bond acceptors (Lipinski definition) is 8. The van der Waals surface area contributed by atoms with E-state index in [-0.39, 0.29) is 0 Å². The van der Waals surface area contributed by atoms with Gasteiger partial charge >= 0.3 is 0 Å². The van der Waals surface area contributed by atoms with Crippen LogP contribution in [0.2, 0.25) is 0 Å². The molecule has 0 amide bonds. The van der Waals surface area contributed by atoms with Crippen LogP contribution in [0.1, 0.15) is 22.7 Å². The zero-order valence-electron chi connectivity index (χ0n) is 17.9. The molecule has 164 valence electrons. The van der Waals surface area contributed by atoms with Crippen LogP contribution in [-0.2, 0) is 13.1 Å². The molecule has 8 heteroatoms. The molecule has 2 unspecified atom stereocenters. The molecular formula is C23H28N4O4. The molecule has 3 aromatic rings. The second kappa shape index (κ2) is 11.3. The van der Waals surface area contributed by atoms with Crippen molar-refractivity contribution in [3.05, 3.63) is 77.9 Å². The summed E-state index contributed by atoms with van der Waals surface area (Å²) in [4.78, 5) is 8.08. The van der Waals surface area contributed by atoms with Crippen LogP contribution in [0.25, 0.3) is 0 Å². The molecule has 0 spiro atoms. The van der Waals surface area contributed by atoms with Gasteiger partial charge in [0.05, 0.1) is 27.4 Å². The Labute approximate surface area is 182 Å². The van der Waals surface area contributed by atoms with E-state index in [4.69, 9.17) is 14.2 Å². The smallest absolute Gasteiger partial charge is 0.203 e. The molecule has 3 N–H and O–H groups in total. The van der Waals surface area contributed by atoms with E-state index in [1.165, 1.54) is 0 Å². The van der Waals surface area contributed by atoms with E-state index in [1.54, 1.807) is 46.1 Å². The molecule has 0 aliphatic carbocycles. The van der Waals surface area contributed by atoms with Crippen molar-refractivity contribution in [1.82, 2.24) is 20.6 Å². The van der Waals surface area contributed by atoms with Crippen molar-refractivity contribution in [2.75, 3.05) is 21.3 Å². The van der Waals surface area contributed by atoms with Crippen LogP contribution in [0.15, 0.2) is 61.2 Å². The van der Waals surface area contributed by atoms with Crippen LogP contribution in [-0.4, -0.2) is 42.6 Å². The van der Waals surface area contributed by atoms with Crippen LogP contribution in [0.3, 0.4) is 0 Å². The quantitative estimate of drug-likeness (QED) is 0.404.